The highest BCUT2D eigenvalue weighted by molar-refractivity contribution is 5.83. The molecule has 30 heavy (non-hydrogen) atoms. The third kappa shape index (κ3) is 7.74. The van der Waals surface area contributed by atoms with Crippen LogP contribution in [0.3, 0.4) is 0 Å². The van der Waals surface area contributed by atoms with Crippen LogP contribution in [-0.2, 0) is 17.6 Å². The zero-order valence-electron chi connectivity index (χ0n) is 16.9. The van der Waals surface area contributed by atoms with Crippen molar-refractivity contribution in [2.45, 2.75) is 38.8 Å². The van der Waals surface area contributed by atoms with Crippen molar-refractivity contribution < 1.29 is 22.7 Å². The second-order valence-corrected chi connectivity index (χ2v) is 7.13. The first-order valence-corrected chi connectivity index (χ1v) is 9.58. The van der Waals surface area contributed by atoms with E-state index < -0.39 is 12.8 Å². The van der Waals surface area contributed by atoms with Crippen LogP contribution < -0.4 is 10.1 Å². The number of carbonyl (C=O) groups excluding carboxylic acids is 1. The Kier molecular flexibility index (Phi) is 8.22. The first-order chi connectivity index (χ1) is 14.2. The van der Waals surface area contributed by atoms with E-state index in [1.54, 1.807) is 6.07 Å². The number of nitrogens with zero attached hydrogens (tertiary/aromatic N) is 2. The fourth-order valence-electron chi connectivity index (χ4n) is 2.77. The van der Waals surface area contributed by atoms with E-state index in [-0.39, 0.29) is 23.5 Å². The van der Waals surface area contributed by atoms with E-state index in [2.05, 4.69) is 21.1 Å². The molecule has 5 nitrogen and oxygen atoms in total. The van der Waals surface area contributed by atoms with Gasteiger partial charge in [0.05, 0.1) is 18.2 Å². The lowest BCUT2D eigenvalue weighted by Gasteiger charge is -2.13. The number of rotatable bonds is 9. The van der Waals surface area contributed by atoms with E-state index in [9.17, 15) is 18.0 Å². The van der Waals surface area contributed by atoms with Crippen molar-refractivity contribution in [3.05, 3.63) is 59.4 Å². The minimum Gasteiger partial charge on any atom is -0.483 e. The largest absolute Gasteiger partial charge is 0.483 e. The van der Waals surface area contributed by atoms with Crippen LogP contribution in [0.2, 0.25) is 0 Å². The van der Waals surface area contributed by atoms with Crippen LogP contribution in [0.15, 0.2) is 42.6 Å². The molecule has 1 aromatic carbocycles. The van der Waals surface area contributed by atoms with Crippen molar-refractivity contribution >= 4 is 5.91 Å². The number of halogens is 3. The summed E-state index contributed by atoms with van der Waals surface area (Å²) in [5.41, 5.74) is 2.57. The molecule has 8 heteroatoms. The molecule has 0 aliphatic carbocycles. The molecule has 1 amide bonds. The van der Waals surface area contributed by atoms with Crippen molar-refractivity contribution in [3.63, 3.8) is 0 Å². The van der Waals surface area contributed by atoms with Gasteiger partial charge in [0.15, 0.2) is 6.61 Å². The Morgan fingerprint density at radius 1 is 1.20 bits per heavy atom. The van der Waals surface area contributed by atoms with Gasteiger partial charge in [-0.05, 0) is 43.5 Å². The van der Waals surface area contributed by atoms with E-state index in [0.29, 0.717) is 25.1 Å². The Balaban J connectivity index is 1.79. The van der Waals surface area contributed by atoms with Crippen LogP contribution >= 0.6 is 0 Å². The Bertz CT molecular complexity index is 859. The molecular formula is C22H24F3N3O2. The van der Waals surface area contributed by atoms with Crippen LogP contribution in [0.25, 0.3) is 0 Å². The highest BCUT2D eigenvalue weighted by Gasteiger charge is 2.28. The predicted molar refractivity (Wildman–Crippen MR) is 106 cm³/mol. The van der Waals surface area contributed by atoms with Gasteiger partial charge < -0.3 is 10.1 Å². The van der Waals surface area contributed by atoms with Gasteiger partial charge in [0.1, 0.15) is 5.75 Å². The quantitative estimate of drug-likeness (QED) is 0.661. The summed E-state index contributed by atoms with van der Waals surface area (Å²) in [6.07, 6.45) is -2.04. The summed E-state index contributed by atoms with van der Waals surface area (Å²) >= 11 is 0. The minimum atomic E-state index is -4.39. The Labute approximate surface area is 173 Å². The van der Waals surface area contributed by atoms with Crippen LogP contribution in [0.4, 0.5) is 13.2 Å². The molecule has 0 fully saturated rings. The third-order valence-electron chi connectivity index (χ3n) is 4.52. The zero-order valence-corrected chi connectivity index (χ0v) is 16.9. The summed E-state index contributed by atoms with van der Waals surface area (Å²) in [6, 6.07) is 12.8. The standard InChI is InChI=1S/C22H24F3N3O2/c1-15(12-26)11-17-3-5-18(6-4-17)16(2)21(29)27-10-9-19-7-8-20(13-28-19)30-14-22(23,24)25/h3-8,13,15-16H,9-11,14H2,1-2H3,(H,27,29). The molecule has 0 radical (unpaired) electrons. The molecule has 2 aromatic rings. The number of nitrogens with one attached hydrogen (secondary N) is 1. The van der Waals surface area contributed by atoms with Gasteiger partial charge in [-0.2, -0.15) is 18.4 Å². The number of hydrogen-bond acceptors (Lipinski definition) is 4. The molecule has 2 rings (SSSR count). The number of nitriles is 1. The highest BCUT2D eigenvalue weighted by atomic mass is 19.4. The number of amides is 1. The molecule has 1 aromatic heterocycles. The minimum absolute atomic E-state index is 0.0429. The van der Waals surface area contributed by atoms with E-state index in [0.717, 1.165) is 11.1 Å². The summed E-state index contributed by atoms with van der Waals surface area (Å²) in [5, 5.41) is 11.7. The van der Waals surface area contributed by atoms with Gasteiger partial charge in [0.2, 0.25) is 5.91 Å². The SMILES string of the molecule is CC(C#N)Cc1ccc(C(C)C(=O)NCCc2ccc(OCC(F)(F)F)cn2)cc1. The van der Waals surface area contributed by atoms with Gasteiger partial charge in [-0.1, -0.05) is 24.3 Å². The van der Waals surface area contributed by atoms with Crippen LogP contribution in [0, 0.1) is 17.2 Å². The first-order valence-electron chi connectivity index (χ1n) is 9.58. The number of hydrogen-bond donors (Lipinski definition) is 1. The molecule has 1 N–H and O–H groups in total. The maximum absolute atomic E-state index is 12.4. The summed E-state index contributed by atoms with van der Waals surface area (Å²) in [4.78, 5) is 16.4. The highest BCUT2D eigenvalue weighted by Crippen LogP contribution is 2.19. The fourth-order valence-corrected chi connectivity index (χ4v) is 2.77. The summed E-state index contributed by atoms with van der Waals surface area (Å²) in [7, 11) is 0. The van der Waals surface area contributed by atoms with Gasteiger partial charge in [-0.15, -0.1) is 0 Å². The summed E-state index contributed by atoms with van der Waals surface area (Å²) in [5.74, 6) is -0.478. The number of aromatic nitrogens is 1. The number of pyridine rings is 1. The van der Waals surface area contributed by atoms with Crippen molar-refractivity contribution in [3.8, 4) is 11.8 Å². The molecule has 160 valence electrons. The Hall–Kier alpha value is -3.08. The lowest BCUT2D eigenvalue weighted by molar-refractivity contribution is -0.153. The van der Waals surface area contributed by atoms with Gasteiger partial charge in [0.25, 0.3) is 0 Å². The molecular weight excluding hydrogens is 395 g/mol. The van der Waals surface area contributed by atoms with Gasteiger partial charge in [0, 0.05) is 24.6 Å². The average Bonchev–Trinajstić information content (AvgIpc) is 2.72. The van der Waals surface area contributed by atoms with Gasteiger partial charge >= 0.3 is 6.18 Å². The maximum Gasteiger partial charge on any atom is 0.422 e. The summed E-state index contributed by atoms with van der Waals surface area (Å²) in [6.45, 7) is 2.67. The van der Waals surface area contributed by atoms with Crippen LogP contribution in [0.1, 0.15) is 36.6 Å². The third-order valence-corrected chi connectivity index (χ3v) is 4.52. The van der Waals surface area contributed by atoms with E-state index in [4.69, 9.17) is 5.26 Å². The molecule has 2 unspecified atom stereocenters. The van der Waals surface area contributed by atoms with E-state index in [1.165, 1.54) is 12.3 Å². The number of ether oxygens (including phenoxy) is 1. The number of benzene rings is 1. The molecule has 0 aliphatic heterocycles. The normalized spacial score (nSPS) is 13.2. The smallest absolute Gasteiger partial charge is 0.422 e. The van der Waals surface area contributed by atoms with Crippen molar-refractivity contribution in [2.24, 2.45) is 5.92 Å². The van der Waals surface area contributed by atoms with Crippen molar-refractivity contribution in [2.75, 3.05) is 13.2 Å². The average molecular weight is 419 g/mol. The Morgan fingerprint density at radius 3 is 2.47 bits per heavy atom. The summed E-state index contributed by atoms with van der Waals surface area (Å²) < 4.78 is 41.0. The second-order valence-electron chi connectivity index (χ2n) is 7.13. The fraction of sp³-hybridized carbons (Fsp3) is 0.409. The molecule has 2 atom stereocenters. The molecule has 0 spiro atoms. The zero-order chi connectivity index (χ0) is 22.1. The van der Waals surface area contributed by atoms with Crippen molar-refractivity contribution in [1.82, 2.24) is 10.3 Å². The predicted octanol–water partition coefficient (Wildman–Crippen LogP) is 4.19. The lowest BCUT2D eigenvalue weighted by Crippen LogP contribution is -2.30. The molecule has 0 saturated heterocycles. The second kappa shape index (κ2) is 10.6. The number of alkyl halides is 3. The number of carbonyl (C=O) groups is 1. The monoisotopic (exact) mass is 419 g/mol. The lowest BCUT2D eigenvalue weighted by atomic mass is 9.96. The van der Waals surface area contributed by atoms with E-state index >= 15 is 0 Å². The molecule has 0 aliphatic rings. The first kappa shape index (κ1) is 23.2. The molecule has 0 bridgehead atoms. The topological polar surface area (TPSA) is 75.0 Å². The Morgan fingerprint density at radius 2 is 1.90 bits per heavy atom. The van der Waals surface area contributed by atoms with Crippen molar-refractivity contribution in [1.29, 1.82) is 5.26 Å². The van der Waals surface area contributed by atoms with Gasteiger partial charge in [-0.3, -0.25) is 9.78 Å². The van der Waals surface area contributed by atoms with E-state index in [1.807, 2.05) is 38.1 Å². The maximum atomic E-state index is 12.4. The van der Waals surface area contributed by atoms with Crippen LogP contribution in [0.5, 0.6) is 5.75 Å². The van der Waals surface area contributed by atoms with Crippen LogP contribution in [-0.4, -0.2) is 30.2 Å². The molecule has 0 saturated carbocycles. The molecule has 1 heterocycles. The van der Waals surface area contributed by atoms with Gasteiger partial charge in [-0.25, -0.2) is 0 Å².